The average molecular weight is 588 g/mol. The molecule has 5 aromatic rings. The van der Waals surface area contributed by atoms with E-state index < -0.39 is 31.9 Å². The van der Waals surface area contributed by atoms with Gasteiger partial charge in [-0.05, 0) is 36.4 Å². The first-order valence-electron chi connectivity index (χ1n) is 10.8. The van der Waals surface area contributed by atoms with Crippen molar-refractivity contribution in [2.75, 3.05) is 4.72 Å². The molecular formula is C24H15Cl2N5O7S. The molecule has 0 unspecified atom stereocenters. The summed E-state index contributed by atoms with van der Waals surface area (Å²) in [4.78, 5) is 28.8. The molecule has 5 rings (SSSR count). The van der Waals surface area contributed by atoms with E-state index in [2.05, 4.69) is 19.8 Å². The second kappa shape index (κ2) is 10.3. The van der Waals surface area contributed by atoms with E-state index in [0.717, 1.165) is 23.0 Å². The molecule has 198 valence electrons. The maximum atomic E-state index is 13.1. The number of H-pyrrole nitrogens is 1. The molecule has 15 heteroatoms. The maximum absolute atomic E-state index is 13.1. The third-order valence-electron chi connectivity index (χ3n) is 5.21. The molecule has 0 atom stereocenters. The second-order valence-corrected chi connectivity index (χ2v) is 10.3. The van der Waals surface area contributed by atoms with Crippen LogP contribution < -0.4 is 20.7 Å². The fourth-order valence-electron chi connectivity index (χ4n) is 3.50. The number of hydrogen-bond donors (Lipinski definition) is 3. The quantitative estimate of drug-likeness (QED) is 0.252. The number of halogens is 2. The molecule has 0 fully saturated rings. The van der Waals surface area contributed by atoms with Crippen LogP contribution in [0.3, 0.4) is 0 Å². The third-order valence-corrected chi connectivity index (χ3v) is 7.18. The molecule has 3 aromatic carbocycles. The monoisotopic (exact) mass is 587 g/mol. The molecule has 12 nitrogen and oxygen atoms in total. The molecule has 3 N–H and O–H groups in total. The lowest BCUT2D eigenvalue weighted by atomic mass is 10.2. The van der Waals surface area contributed by atoms with Crippen LogP contribution in [0.1, 0.15) is 0 Å². The van der Waals surface area contributed by atoms with Crippen molar-refractivity contribution in [3.05, 3.63) is 104 Å². The van der Waals surface area contributed by atoms with E-state index in [9.17, 15) is 23.1 Å². The number of rotatable bonds is 7. The van der Waals surface area contributed by atoms with Crippen molar-refractivity contribution >= 4 is 38.9 Å². The van der Waals surface area contributed by atoms with Crippen molar-refractivity contribution in [2.45, 2.75) is 4.90 Å². The van der Waals surface area contributed by atoms with Gasteiger partial charge >= 0.3 is 5.69 Å². The van der Waals surface area contributed by atoms with Gasteiger partial charge in [-0.2, -0.15) is 9.78 Å². The Hall–Kier alpha value is -4.59. The van der Waals surface area contributed by atoms with E-state index in [0.29, 0.717) is 11.3 Å². The first kappa shape index (κ1) is 26.0. The molecule has 0 aliphatic heterocycles. The zero-order valence-electron chi connectivity index (χ0n) is 19.3. The van der Waals surface area contributed by atoms with Gasteiger partial charge in [0.1, 0.15) is 22.6 Å². The fraction of sp³-hybridized carbons (Fsp3) is 0. The fourth-order valence-corrected chi connectivity index (χ4v) is 5.21. The minimum Gasteiger partial charge on any atom is -0.507 e. The predicted octanol–water partition coefficient (Wildman–Crippen LogP) is 4.18. The first-order chi connectivity index (χ1) is 18.6. The Morgan fingerprint density at radius 2 is 1.79 bits per heavy atom. The van der Waals surface area contributed by atoms with Crippen molar-refractivity contribution in [1.29, 1.82) is 0 Å². The zero-order chi connectivity index (χ0) is 27.7. The minimum atomic E-state index is -4.28. The lowest BCUT2D eigenvalue weighted by Crippen LogP contribution is -2.30. The summed E-state index contributed by atoms with van der Waals surface area (Å²) >= 11 is 12.7. The summed E-state index contributed by atoms with van der Waals surface area (Å²) in [6.45, 7) is 0. The van der Waals surface area contributed by atoms with Crippen LogP contribution in [0.15, 0.2) is 92.3 Å². The number of benzene rings is 3. The highest BCUT2D eigenvalue weighted by atomic mass is 35.5. The highest BCUT2D eigenvalue weighted by molar-refractivity contribution is 7.92. The molecule has 0 saturated heterocycles. The molecule has 0 saturated carbocycles. The van der Waals surface area contributed by atoms with Gasteiger partial charge in [-0.1, -0.05) is 35.3 Å². The van der Waals surface area contributed by atoms with Crippen LogP contribution in [-0.2, 0) is 10.0 Å². The Kier molecular flexibility index (Phi) is 6.87. The molecular weight excluding hydrogens is 573 g/mol. The lowest BCUT2D eigenvalue weighted by molar-refractivity contribution is 0.449. The van der Waals surface area contributed by atoms with Gasteiger partial charge in [-0.3, -0.25) is 14.5 Å². The number of nitrogens with one attached hydrogen (secondary N) is 2. The molecule has 0 spiro atoms. The van der Waals surface area contributed by atoms with Gasteiger partial charge in [0.05, 0.1) is 21.9 Å². The summed E-state index contributed by atoms with van der Waals surface area (Å²) < 4.78 is 40.5. The lowest BCUT2D eigenvalue weighted by Gasteiger charge is -2.14. The van der Waals surface area contributed by atoms with Crippen LogP contribution in [-0.4, -0.2) is 33.3 Å². The topological polar surface area (TPSA) is 169 Å². The smallest absolute Gasteiger partial charge is 0.349 e. The minimum absolute atomic E-state index is 0.0144. The predicted molar refractivity (Wildman–Crippen MR) is 141 cm³/mol. The van der Waals surface area contributed by atoms with Crippen LogP contribution in [0, 0.1) is 0 Å². The SMILES string of the molecule is O=c1cnn(-c2cc(Cl)c(Oc3ccc(O)c(S(=O)(=O)Nc4cccc(-c5cnco5)c4)c3)c(Cl)c2)c(=O)[nH]1. The van der Waals surface area contributed by atoms with Crippen LogP contribution in [0.5, 0.6) is 17.2 Å². The normalized spacial score (nSPS) is 11.3. The van der Waals surface area contributed by atoms with Crippen LogP contribution >= 0.6 is 23.2 Å². The third kappa shape index (κ3) is 5.50. The first-order valence-corrected chi connectivity index (χ1v) is 13.1. The standard InChI is InChI=1S/C24H15Cl2N5O7S/c25-17-7-15(31-24(34)29-22(33)11-28-31)8-18(26)23(17)38-16-4-5-19(32)21(9-16)39(35,36)30-14-3-1-2-13(6-14)20-10-27-12-37-20/h1-12,30,32H,(H,29,33,34). The van der Waals surface area contributed by atoms with E-state index in [4.69, 9.17) is 32.4 Å². The van der Waals surface area contributed by atoms with E-state index >= 15 is 0 Å². The molecule has 0 bridgehead atoms. The maximum Gasteiger partial charge on any atom is 0.349 e. The van der Waals surface area contributed by atoms with Crippen LogP contribution in [0.4, 0.5) is 5.69 Å². The number of aromatic nitrogens is 4. The summed E-state index contributed by atoms with van der Waals surface area (Å²) in [5.41, 5.74) is -0.549. The van der Waals surface area contributed by atoms with Gasteiger partial charge < -0.3 is 14.3 Å². The highest BCUT2D eigenvalue weighted by Gasteiger charge is 2.22. The zero-order valence-corrected chi connectivity index (χ0v) is 21.7. The Morgan fingerprint density at radius 3 is 2.49 bits per heavy atom. The number of anilines is 1. The van der Waals surface area contributed by atoms with Gasteiger partial charge in [-0.25, -0.2) is 18.2 Å². The molecule has 0 aliphatic rings. The van der Waals surface area contributed by atoms with Crippen molar-refractivity contribution in [1.82, 2.24) is 19.7 Å². The number of aromatic amines is 1. The van der Waals surface area contributed by atoms with E-state index in [1.807, 2.05) is 0 Å². The number of hydrogen-bond acceptors (Lipinski definition) is 9. The van der Waals surface area contributed by atoms with Crippen molar-refractivity contribution in [2.24, 2.45) is 0 Å². The van der Waals surface area contributed by atoms with Crippen molar-refractivity contribution in [3.8, 4) is 34.3 Å². The van der Waals surface area contributed by atoms with Crippen molar-refractivity contribution < 1.29 is 22.7 Å². The number of aromatic hydroxyl groups is 1. The van der Waals surface area contributed by atoms with Crippen molar-refractivity contribution in [3.63, 3.8) is 0 Å². The average Bonchev–Trinajstić information content (AvgIpc) is 3.42. The van der Waals surface area contributed by atoms with E-state index in [1.54, 1.807) is 18.2 Å². The molecule has 2 aromatic heterocycles. The largest absolute Gasteiger partial charge is 0.507 e. The number of oxazole rings is 1. The second-order valence-electron chi connectivity index (χ2n) is 7.87. The van der Waals surface area contributed by atoms with Gasteiger partial charge in [0.25, 0.3) is 15.6 Å². The number of ether oxygens (including phenoxy) is 1. The summed E-state index contributed by atoms with van der Waals surface area (Å²) in [6, 6.07) is 12.6. The Balaban J connectivity index is 1.43. The molecule has 0 amide bonds. The molecule has 0 aliphatic carbocycles. The molecule has 2 heterocycles. The van der Waals surface area contributed by atoms with Gasteiger partial charge in [-0.15, -0.1) is 0 Å². The van der Waals surface area contributed by atoms with Crippen LogP contribution in [0.2, 0.25) is 10.0 Å². The van der Waals surface area contributed by atoms with Gasteiger partial charge in [0.2, 0.25) is 0 Å². The van der Waals surface area contributed by atoms with E-state index in [-0.39, 0.29) is 32.9 Å². The Morgan fingerprint density at radius 1 is 1.03 bits per heavy atom. The summed E-state index contributed by atoms with van der Waals surface area (Å²) in [5, 5.41) is 14.0. The molecule has 0 radical (unpaired) electrons. The Bertz CT molecular complexity index is 1900. The number of sulfonamides is 1. The van der Waals surface area contributed by atoms with Crippen LogP contribution in [0.25, 0.3) is 17.0 Å². The molecule has 39 heavy (non-hydrogen) atoms. The number of phenols is 1. The number of nitrogens with zero attached hydrogens (tertiary/aromatic N) is 3. The summed E-state index contributed by atoms with van der Waals surface area (Å²) in [7, 11) is -4.28. The summed E-state index contributed by atoms with van der Waals surface area (Å²) in [5.74, 6) is -0.159. The van der Waals surface area contributed by atoms with Gasteiger partial charge in [0.15, 0.2) is 17.9 Å². The number of phenolic OH excluding ortho intramolecular Hbond substituents is 1. The van der Waals surface area contributed by atoms with Gasteiger partial charge in [0, 0.05) is 17.3 Å². The Labute approximate surface area is 229 Å². The van der Waals surface area contributed by atoms with E-state index in [1.165, 1.54) is 36.9 Å². The highest BCUT2D eigenvalue weighted by Crippen LogP contribution is 2.39. The summed E-state index contributed by atoms with van der Waals surface area (Å²) in [6.07, 6.45) is 3.64.